The van der Waals surface area contributed by atoms with Gasteiger partial charge in [0.25, 0.3) is 0 Å². The number of anilines is 2. The number of hydrogen-bond donors (Lipinski definition) is 3. The Balaban J connectivity index is 2.96. The van der Waals surface area contributed by atoms with Gasteiger partial charge < -0.3 is 11.5 Å². The van der Waals surface area contributed by atoms with Crippen LogP contribution in [-0.2, 0) is 0 Å². The number of nitrogens with zero attached hydrogens (tertiary/aromatic N) is 2. The van der Waals surface area contributed by atoms with E-state index in [1.54, 1.807) is 0 Å². The number of H-pyrrole nitrogens is 1. The minimum absolute atomic E-state index is 0.347. The van der Waals surface area contributed by atoms with Gasteiger partial charge in [0.15, 0.2) is 5.82 Å². The van der Waals surface area contributed by atoms with Gasteiger partial charge in [-0.15, -0.1) is 11.3 Å². The maximum Gasteiger partial charge on any atom is 0.156 e. The van der Waals surface area contributed by atoms with Crippen molar-refractivity contribution < 1.29 is 0 Å². The van der Waals surface area contributed by atoms with Crippen LogP contribution in [0, 0.1) is 11.3 Å². The number of rotatable bonds is 0. The van der Waals surface area contributed by atoms with E-state index < -0.39 is 0 Å². The first-order chi connectivity index (χ1) is 5.74. The van der Waals surface area contributed by atoms with Crippen LogP contribution in [0.5, 0.6) is 0 Å². The van der Waals surface area contributed by atoms with Crippen molar-refractivity contribution in [2.45, 2.75) is 0 Å². The van der Waals surface area contributed by atoms with Crippen LogP contribution in [-0.4, -0.2) is 10.2 Å². The number of thiophene rings is 1. The van der Waals surface area contributed by atoms with Crippen LogP contribution < -0.4 is 11.5 Å². The van der Waals surface area contributed by atoms with Crippen LogP contribution >= 0.6 is 11.3 Å². The van der Waals surface area contributed by atoms with E-state index in [4.69, 9.17) is 16.7 Å². The van der Waals surface area contributed by atoms with Gasteiger partial charge in [0.2, 0.25) is 0 Å². The summed E-state index contributed by atoms with van der Waals surface area (Å²) in [5, 5.41) is 16.3. The maximum atomic E-state index is 8.67. The fourth-order valence-electron chi connectivity index (χ4n) is 1.06. The van der Waals surface area contributed by atoms with Gasteiger partial charge in [-0.25, -0.2) is 0 Å². The third-order valence-electron chi connectivity index (χ3n) is 1.58. The molecule has 0 aromatic carbocycles. The summed E-state index contributed by atoms with van der Waals surface area (Å²) in [4.78, 5) is 0.520. The number of nitrogens with two attached hydrogens (primary N) is 2. The molecule has 0 aliphatic rings. The Labute approximate surface area is 71.6 Å². The summed E-state index contributed by atoms with van der Waals surface area (Å²) >= 11 is 1.21. The molecule has 0 atom stereocenters. The molecule has 2 heterocycles. The van der Waals surface area contributed by atoms with Gasteiger partial charge in [-0.3, -0.25) is 5.10 Å². The van der Waals surface area contributed by atoms with Gasteiger partial charge in [0.1, 0.15) is 15.9 Å². The summed E-state index contributed by atoms with van der Waals surface area (Å²) < 4.78 is 0. The zero-order chi connectivity index (χ0) is 8.72. The largest absolute Gasteiger partial charge is 0.390 e. The van der Waals surface area contributed by atoms with E-state index in [1.807, 2.05) is 6.07 Å². The zero-order valence-electron chi connectivity index (χ0n) is 5.96. The Morgan fingerprint density at radius 2 is 2.25 bits per heavy atom. The highest BCUT2D eigenvalue weighted by molar-refractivity contribution is 7.18. The molecule has 6 heteroatoms. The lowest BCUT2D eigenvalue weighted by Crippen LogP contribution is -1.86. The molecule has 5 N–H and O–H groups in total. The number of nitrogens with one attached hydrogen (secondary N) is 1. The van der Waals surface area contributed by atoms with Gasteiger partial charge in [-0.2, -0.15) is 10.4 Å². The second kappa shape index (κ2) is 2.12. The number of fused-ring (bicyclic) bond motifs is 1. The molecule has 0 amide bonds. The molecule has 2 aromatic rings. The van der Waals surface area contributed by atoms with E-state index >= 15 is 0 Å². The summed E-state index contributed by atoms with van der Waals surface area (Å²) in [6.45, 7) is 0. The van der Waals surface area contributed by atoms with Crippen molar-refractivity contribution in [3.8, 4) is 6.07 Å². The smallest absolute Gasteiger partial charge is 0.156 e. The number of aromatic nitrogens is 2. The molecule has 12 heavy (non-hydrogen) atoms. The van der Waals surface area contributed by atoms with Crippen molar-refractivity contribution in [2.24, 2.45) is 0 Å². The molecule has 0 bridgehead atoms. The molecule has 2 rings (SSSR count). The Morgan fingerprint density at radius 3 is 2.92 bits per heavy atom. The van der Waals surface area contributed by atoms with Crippen LogP contribution in [0.2, 0.25) is 0 Å². The molecular formula is C6H5N5S. The maximum absolute atomic E-state index is 8.67. The molecule has 0 saturated heterocycles. The minimum atomic E-state index is 0.347. The van der Waals surface area contributed by atoms with E-state index in [1.165, 1.54) is 11.3 Å². The lowest BCUT2D eigenvalue weighted by Gasteiger charge is -1.82. The SMILES string of the molecule is N#Cc1sc(N)c2c(N)n[nH]c12. The first-order valence-electron chi connectivity index (χ1n) is 3.16. The minimum Gasteiger partial charge on any atom is -0.390 e. The molecule has 0 saturated carbocycles. The van der Waals surface area contributed by atoms with E-state index in [0.717, 1.165) is 0 Å². The van der Waals surface area contributed by atoms with Gasteiger partial charge >= 0.3 is 0 Å². The van der Waals surface area contributed by atoms with E-state index in [2.05, 4.69) is 10.2 Å². The Hall–Kier alpha value is -1.74. The second-order valence-electron chi connectivity index (χ2n) is 2.27. The zero-order valence-corrected chi connectivity index (χ0v) is 6.77. The van der Waals surface area contributed by atoms with Crippen molar-refractivity contribution in [3.63, 3.8) is 0 Å². The van der Waals surface area contributed by atoms with Gasteiger partial charge in [0, 0.05) is 0 Å². The lowest BCUT2D eigenvalue weighted by atomic mass is 10.3. The van der Waals surface area contributed by atoms with Crippen molar-refractivity contribution in [1.29, 1.82) is 5.26 Å². The first kappa shape index (κ1) is 6.94. The summed E-state index contributed by atoms with van der Waals surface area (Å²) in [7, 11) is 0. The van der Waals surface area contributed by atoms with Gasteiger partial charge in [0.05, 0.1) is 10.9 Å². The van der Waals surface area contributed by atoms with Crippen LogP contribution in [0.15, 0.2) is 0 Å². The number of nitrogen functional groups attached to an aromatic ring is 2. The number of hydrogen-bond acceptors (Lipinski definition) is 5. The number of nitriles is 1. The van der Waals surface area contributed by atoms with Crippen molar-refractivity contribution in [3.05, 3.63) is 4.88 Å². The molecule has 0 unspecified atom stereocenters. The highest BCUT2D eigenvalue weighted by Crippen LogP contribution is 2.34. The average Bonchev–Trinajstić information content (AvgIpc) is 2.55. The van der Waals surface area contributed by atoms with E-state index in [9.17, 15) is 0 Å². The molecule has 0 spiro atoms. The van der Waals surface area contributed by atoms with Crippen LogP contribution in [0.4, 0.5) is 10.8 Å². The Kier molecular flexibility index (Phi) is 1.23. The standard InChI is InChI=1S/C6H5N5S/c7-1-2-4-3(6(9)12-2)5(8)11-10-4/h10H,9H2,(H2,8,11). The normalized spacial score (nSPS) is 10.2. The molecule has 0 fully saturated rings. The fourth-order valence-corrected chi connectivity index (χ4v) is 1.88. The summed E-state index contributed by atoms with van der Waals surface area (Å²) in [5.74, 6) is 0.347. The fraction of sp³-hybridized carbons (Fsp3) is 0. The van der Waals surface area contributed by atoms with Gasteiger partial charge in [-0.1, -0.05) is 0 Å². The first-order valence-corrected chi connectivity index (χ1v) is 3.97. The topological polar surface area (TPSA) is 105 Å². The third kappa shape index (κ3) is 0.682. The van der Waals surface area contributed by atoms with E-state index in [-0.39, 0.29) is 0 Å². The molecule has 0 aliphatic heterocycles. The van der Waals surface area contributed by atoms with Crippen LogP contribution in [0.3, 0.4) is 0 Å². The summed E-state index contributed by atoms with van der Waals surface area (Å²) in [5.41, 5.74) is 11.8. The highest BCUT2D eigenvalue weighted by Gasteiger charge is 2.13. The van der Waals surface area contributed by atoms with Crippen molar-refractivity contribution in [1.82, 2.24) is 10.2 Å². The average molecular weight is 179 g/mol. The van der Waals surface area contributed by atoms with Crippen molar-refractivity contribution in [2.75, 3.05) is 11.5 Å². The molecule has 0 aliphatic carbocycles. The van der Waals surface area contributed by atoms with Gasteiger partial charge in [-0.05, 0) is 0 Å². The molecule has 60 valence electrons. The monoisotopic (exact) mass is 179 g/mol. The van der Waals surface area contributed by atoms with E-state index in [0.29, 0.717) is 26.6 Å². The van der Waals surface area contributed by atoms with Crippen LogP contribution in [0.25, 0.3) is 10.9 Å². The number of aromatic amines is 1. The quantitative estimate of drug-likeness (QED) is 0.552. The summed E-state index contributed by atoms with van der Waals surface area (Å²) in [6, 6.07) is 2.02. The lowest BCUT2D eigenvalue weighted by molar-refractivity contribution is 1.13. The molecule has 5 nitrogen and oxygen atoms in total. The van der Waals surface area contributed by atoms with Crippen molar-refractivity contribution >= 4 is 33.1 Å². The molecule has 0 radical (unpaired) electrons. The predicted molar refractivity (Wildman–Crippen MR) is 47.5 cm³/mol. The summed E-state index contributed by atoms with van der Waals surface area (Å²) in [6.07, 6.45) is 0. The molecule has 2 aromatic heterocycles. The predicted octanol–water partition coefficient (Wildman–Crippen LogP) is 0.660. The Morgan fingerprint density at radius 1 is 1.50 bits per heavy atom. The third-order valence-corrected chi connectivity index (χ3v) is 2.50. The van der Waals surface area contributed by atoms with Crippen LogP contribution in [0.1, 0.15) is 4.88 Å². The highest BCUT2D eigenvalue weighted by atomic mass is 32.1. The second-order valence-corrected chi connectivity index (χ2v) is 3.32. The Bertz CT molecular complexity index is 474. The molecular weight excluding hydrogens is 174 g/mol.